The Kier molecular flexibility index (Phi) is 6.78. The van der Waals surface area contributed by atoms with Crippen LogP contribution in [0.5, 0.6) is 11.5 Å². The number of hydrogen-bond acceptors (Lipinski definition) is 4. The molecule has 2 heterocycles. The summed E-state index contributed by atoms with van der Waals surface area (Å²) in [6.07, 6.45) is 2.57. The minimum Gasteiger partial charge on any atom is -0.457 e. The summed E-state index contributed by atoms with van der Waals surface area (Å²) >= 11 is 3.57. The number of halogens is 1. The van der Waals surface area contributed by atoms with Crippen molar-refractivity contribution < 1.29 is 9.53 Å². The quantitative estimate of drug-likeness (QED) is 0.299. The number of aromatic nitrogens is 2. The average molecular weight is 520 g/mol. The fourth-order valence-corrected chi connectivity index (χ4v) is 4.66. The molecule has 0 atom stereocenters. The smallest absolute Gasteiger partial charge is 0.323 e. The van der Waals surface area contributed by atoms with Gasteiger partial charge in [0.05, 0.1) is 12.1 Å². The van der Waals surface area contributed by atoms with Crippen LogP contribution in [0.4, 0.5) is 16.2 Å². The summed E-state index contributed by atoms with van der Waals surface area (Å²) < 4.78 is 8.60. The molecule has 1 aliphatic heterocycles. The zero-order chi connectivity index (χ0) is 23.3. The fourth-order valence-electron chi connectivity index (χ4n) is 4.16. The number of likely N-dealkylation sites (tertiary alicyclic amines) is 1. The first-order chi connectivity index (χ1) is 16.6. The molecule has 7 nitrogen and oxygen atoms in total. The van der Waals surface area contributed by atoms with Crippen molar-refractivity contribution in [2.75, 3.05) is 30.3 Å². The van der Waals surface area contributed by atoms with E-state index in [1.807, 2.05) is 77.5 Å². The van der Waals surface area contributed by atoms with Gasteiger partial charge in [-0.05, 0) is 96.5 Å². The zero-order valence-electron chi connectivity index (χ0n) is 18.7. The summed E-state index contributed by atoms with van der Waals surface area (Å²) in [4.78, 5) is 15.0. The molecule has 1 saturated heterocycles. The van der Waals surface area contributed by atoms with Gasteiger partial charge in [0.15, 0.2) is 0 Å². The summed E-state index contributed by atoms with van der Waals surface area (Å²) in [6, 6.07) is 22.4. The van der Waals surface area contributed by atoms with Gasteiger partial charge in [-0.15, -0.1) is 0 Å². The fraction of sp³-hybridized carbons (Fsp3) is 0.231. The first-order valence-electron chi connectivity index (χ1n) is 11.4. The highest BCUT2D eigenvalue weighted by molar-refractivity contribution is 9.10. The standard InChI is InChI=1S/C26H26BrN5O2/c27-25-23-18-20(10-13-24(23)32(30-25)17-16-31-14-4-5-15-31)29-26(33)28-19-8-11-22(12-9-19)34-21-6-2-1-3-7-21/h1-3,6-13,18H,4-5,14-17H2,(H2,28,29,33). The number of para-hydroxylation sites is 1. The highest BCUT2D eigenvalue weighted by Gasteiger charge is 2.14. The molecule has 2 N–H and O–H groups in total. The van der Waals surface area contributed by atoms with E-state index in [4.69, 9.17) is 4.74 Å². The van der Waals surface area contributed by atoms with Gasteiger partial charge < -0.3 is 20.3 Å². The monoisotopic (exact) mass is 519 g/mol. The number of rotatable bonds is 7. The highest BCUT2D eigenvalue weighted by Crippen LogP contribution is 2.27. The highest BCUT2D eigenvalue weighted by atomic mass is 79.9. The number of nitrogens with one attached hydrogen (secondary N) is 2. The van der Waals surface area contributed by atoms with Crippen LogP contribution < -0.4 is 15.4 Å². The second-order valence-corrected chi connectivity index (χ2v) is 9.06. The lowest BCUT2D eigenvalue weighted by Crippen LogP contribution is -2.24. The molecule has 0 aliphatic carbocycles. The van der Waals surface area contributed by atoms with Crippen molar-refractivity contribution in [3.05, 3.63) is 77.4 Å². The summed E-state index contributed by atoms with van der Waals surface area (Å²) in [7, 11) is 0. The Morgan fingerprint density at radius 2 is 1.56 bits per heavy atom. The van der Waals surface area contributed by atoms with Gasteiger partial charge in [0.2, 0.25) is 0 Å². The lowest BCUT2D eigenvalue weighted by Gasteiger charge is -2.14. The Morgan fingerprint density at radius 1 is 0.882 bits per heavy atom. The van der Waals surface area contributed by atoms with E-state index in [0.29, 0.717) is 17.1 Å². The molecule has 4 aromatic rings. The molecule has 174 valence electrons. The van der Waals surface area contributed by atoms with Gasteiger partial charge in [-0.1, -0.05) is 18.2 Å². The third-order valence-electron chi connectivity index (χ3n) is 5.88. The van der Waals surface area contributed by atoms with Crippen LogP contribution in [-0.2, 0) is 6.54 Å². The number of ether oxygens (including phenoxy) is 1. The number of amides is 2. The van der Waals surface area contributed by atoms with Gasteiger partial charge in [0.1, 0.15) is 16.1 Å². The Bertz CT molecular complexity index is 1270. The first kappa shape index (κ1) is 22.4. The third kappa shape index (κ3) is 5.40. The molecule has 8 heteroatoms. The number of anilines is 2. The molecular weight excluding hydrogens is 494 g/mol. The van der Waals surface area contributed by atoms with Gasteiger partial charge in [-0.3, -0.25) is 4.68 Å². The van der Waals surface area contributed by atoms with Crippen LogP contribution in [-0.4, -0.2) is 40.3 Å². The number of carbonyl (C=O) groups is 1. The Hall–Kier alpha value is -3.36. The van der Waals surface area contributed by atoms with Crippen molar-refractivity contribution in [3.63, 3.8) is 0 Å². The molecule has 0 unspecified atom stereocenters. The van der Waals surface area contributed by atoms with Gasteiger partial charge in [-0.25, -0.2) is 4.79 Å². The molecule has 2 amide bonds. The molecule has 0 spiro atoms. The maximum Gasteiger partial charge on any atom is 0.323 e. The Morgan fingerprint density at radius 3 is 2.32 bits per heavy atom. The minimum absolute atomic E-state index is 0.311. The van der Waals surface area contributed by atoms with E-state index in [0.717, 1.165) is 34.3 Å². The number of fused-ring (bicyclic) bond motifs is 1. The summed E-state index contributed by atoms with van der Waals surface area (Å²) in [5, 5.41) is 11.4. The molecule has 1 fully saturated rings. The molecular formula is C26H26BrN5O2. The SMILES string of the molecule is O=C(Nc1ccc(Oc2ccccc2)cc1)Nc1ccc2c(c1)c(Br)nn2CCN1CCCC1. The molecule has 0 bridgehead atoms. The molecule has 0 radical (unpaired) electrons. The van der Waals surface area contributed by atoms with E-state index in [-0.39, 0.29) is 6.03 Å². The normalized spacial score (nSPS) is 13.8. The van der Waals surface area contributed by atoms with Crippen LogP contribution in [0.15, 0.2) is 77.4 Å². The second-order valence-electron chi connectivity index (χ2n) is 8.31. The van der Waals surface area contributed by atoms with Gasteiger partial charge >= 0.3 is 6.03 Å². The Labute approximate surface area is 206 Å². The van der Waals surface area contributed by atoms with Gasteiger partial charge in [0.25, 0.3) is 0 Å². The van der Waals surface area contributed by atoms with Crippen molar-refractivity contribution in [1.82, 2.24) is 14.7 Å². The number of hydrogen-bond donors (Lipinski definition) is 2. The lowest BCUT2D eigenvalue weighted by molar-refractivity contribution is 0.262. The number of urea groups is 1. The third-order valence-corrected chi connectivity index (χ3v) is 6.47. The number of nitrogens with zero attached hydrogens (tertiary/aromatic N) is 3. The second kappa shape index (κ2) is 10.3. The van der Waals surface area contributed by atoms with E-state index in [1.165, 1.54) is 25.9 Å². The lowest BCUT2D eigenvalue weighted by atomic mass is 10.2. The van der Waals surface area contributed by atoms with E-state index in [2.05, 4.69) is 36.6 Å². The van der Waals surface area contributed by atoms with E-state index in [1.54, 1.807) is 0 Å². The topological polar surface area (TPSA) is 71.4 Å². The van der Waals surface area contributed by atoms with Crippen molar-refractivity contribution in [2.45, 2.75) is 19.4 Å². The molecule has 0 saturated carbocycles. The minimum atomic E-state index is -0.311. The molecule has 34 heavy (non-hydrogen) atoms. The summed E-state index contributed by atoms with van der Waals surface area (Å²) in [5.74, 6) is 1.47. The van der Waals surface area contributed by atoms with Crippen LogP contribution in [0.1, 0.15) is 12.8 Å². The van der Waals surface area contributed by atoms with Gasteiger partial charge in [0, 0.05) is 23.3 Å². The van der Waals surface area contributed by atoms with Crippen LogP contribution in [0, 0.1) is 0 Å². The predicted octanol–water partition coefficient (Wildman–Crippen LogP) is 6.33. The van der Waals surface area contributed by atoms with E-state index < -0.39 is 0 Å². The largest absolute Gasteiger partial charge is 0.457 e. The van der Waals surface area contributed by atoms with Crippen LogP contribution in [0.2, 0.25) is 0 Å². The van der Waals surface area contributed by atoms with Crippen molar-refractivity contribution in [3.8, 4) is 11.5 Å². The molecule has 5 rings (SSSR count). The first-order valence-corrected chi connectivity index (χ1v) is 12.2. The maximum absolute atomic E-state index is 12.5. The molecule has 1 aromatic heterocycles. The van der Waals surface area contributed by atoms with Crippen molar-refractivity contribution in [2.24, 2.45) is 0 Å². The Balaban J connectivity index is 1.20. The van der Waals surface area contributed by atoms with Crippen molar-refractivity contribution >= 4 is 44.2 Å². The van der Waals surface area contributed by atoms with Crippen LogP contribution in [0.3, 0.4) is 0 Å². The van der Waals surface area contributed by atoms with Crippen LogP contribution in [0.25, 0.3) is 10.9 Å². The number of benzene rings is 3. The zero-order valence-corrected chi connectivity index (χ0v) is 20.3. The summed E-state index contributed by atoms with van der Waals surface area (Å²) in [6.45, 7) is 4.19. The van der Waals surface area contributed by atoms with Crippen molar-refractivity contribution in [1.29, 1.82) is 0 Å². The maximum atomic E-state index is 12.5. The molecule has 3 aromatic carbocycles. The summed E-state index contributed by atoms with van der Waals surface area (Å²) in [5.41, 5.74) is 2.43. The van der Waals surface area contributed by atoms with E-state index >= 15 is 0 Å². The number of carbonyl (C=O) groups excluding carboxylic acids is 1. The predicted molar refractivity (Wildman–Crippen MR) is 139 cm³/mol. The average Bonchev–Trinajstić information content (AvgIpc) is 3.47. The molecule has 1 aliphatic rings. The van der Waals surface area contributed by atoms with E-state index in [9.17, 15) is 4.79 Å². The van der Waals surface area contributed by atoms with Gasteiger partial charge in [-0.2, -0.15) is 5.10 Å². The van der Waals surface area contributed by atoms with Crippen LogP contribution >= 0.6 is 15.9 Å².